The maximum absolute atomic E-state index is 12.7. The van der Waals surface area contributed by atoms with Crippen LogP contribution in [0.15, 0.2) is 48.5 Å². The summed E-state index contributed by atoms with van der Waals surface area (Å²) in [6, 6.07) is 17.3. The van der Waals surface area contributed by atoms with Crippen LogP contribution in [0.1, 0.15) is 98.6 Å². The predicted molar refractivity (Wildman–Crippen MR) is 244 cm³/mol. The number of Topliss-reactive ketones (excluding diaryl/α,β-unsaturated/α-hetero) is 2. The Morgan fingerprint density at radius 2 is 1.02 bits per heavy atom. The van der Waals surface area contributed by atoms with Crippen LogP contribution in [0.4, 0.5) is 23.3 Å². The molecule has 4 aliphatic rings. The second-order valence-electron chi connectivity index (χ2n) is 16.5. The number of nitrogens with two attached hydrogens (primary N) is 2. The molecule has 2 aromatic heterocycles. The molecule has 0 saturated carbocycles. The van der Waals surface area contributed by atoms with Crippen LogP contribution in [-0.4, -0.2) is 93.1 Å². The maximum atomic E-state index is 12.7. The van der Waals surface area contributed by atoms with E-state index in [1.807, 2.05) is 17.0 Å². The van der Waals surface area contributed by atoms with Crippen molar-refractivity contribution in [2.75, 3.05) is 67.2 Å². The van der Waals surface area contributed by atoms with Crippen LogP contribution in [0, 0.1) is 0 Å². The number of aromatic nitrogens is 4. The van der Waals surface area contributed by atoms with Gasteiger partial charge in [0.15, 0.2) is 5.78 Å². The Kier molecular flexibility index (Phi) is 19.9. The van der Waals surface area contributed by atoms with Gasteiger partial charge in [0.2, 0.25) is 5.78 Å². The monoisotopic (exact) mass is 955 g/mol. The van der Waals surface area contributed by atoms with Gasteiger partial charge in [-0.2, -0.15) is 19.9 Å². The summed E-state index contributed by atoms with van der Waals surface area (Å²) in [6.07, 6.45) is 9.14. The normalized spacial score (nSPS) is 15.8. The van der Waals surface area contributed by atoms with Crippen LogP contribution < -0.4 is 30.7 Å². The van der Waals surface area contributed by atoms with Crippen LogP contribution in [0.25, 0.3) is 0 Å². The van der Waals surface area contributed by atoms with Gasteiger partial charge in [-0.25, -0.2) is 0 Å². The molecule has 0 unspecified atom stereocenters. The SMILES string of the molecule is CCCCOc1nc(N)c2c(n1)N(Cc1ccc(CN3CCCC3)cc1)C(=O)C(=O)C2.CCCCOc1nc(N)c2c(n1)N(Cc1ccc(CN3CCCC3)cc1)CC(=O)C2.Cl.[O]=[Mn]=[O]. The first-order chi connectivity index (χ1) is 31.1. The third-order valence-corrected chi connectivity index (χ3v) is 11.5. The minimum atomic E-state index is -1.44. The quantitative estimate of drug-likeness (QED) is 0.0789. The number of hydrogen-bond donors (Lipinski definition) is 2. The van der Waals surface area contributed by atoms with Crippen LogP contribution >= 0.6 is 12.4 Å². The Bertz CT molecular complexity index is 2250. The Morgan fingerprint density at radius 1 is 0.600 bits per heavy atom. The number of ketones is 2. The molecule has 2 fully saturated rings. The molecule has 4 aliphatic heterocycles. The second-order valence-corrected chi connectivity index (χ2v) is 16.7. The number of rotatable bonds is 16. The van der Waals surface area contributed by atoms with E-state index in [2.05, 4.69) is 80.0 Å². The van der Waals surface area contributed by atoms with E-state index in [-0.39, 0.29) is 49.4 Å². The number of likely N-dealkylation sites (tertiary alicyclic amines) is 2. The number of unbranched alkanes of at least 4 members (excludes halogenated alkanes) is 2. The predicted octanol–water partition coefficient (Wildman–Crippen LogP) is 5.64. The molecule has 0 spiro atoms. The number of halogens is 1. The summed E-state index contributed by atoms with van der Waals surface area (Å²) in [5, 5.41) is 0. The number of fused-ring (bicyclic) bond motifs is 2. The Labute approximate surface area is 393 Å². The number of carbonyl (C=O) groups excluding carboxylic acids is 3. The van der Waals surface area contributed by atoms with E-state index >= 15 is 0 Å². The van der Waals surface area contributed by atoms with Crippen molar-refractivity contribution in [3.8, 4) is 12.0 Å². The van der Waals surface area contributed by atoms with Crippen LogP contribution in [-0.2, 0) is 75.9 Å². The second kappa shape index (κ2) is 25.4. The van der Waals surface area contributed by atoms with Crippen molar-refractivity contribution < 1.29 is 46.3 Å². The topological polar surface area (TPSA) is 220 Å². The Balaban J connectivity index is 0.000000227. The molecule has 2 saturated heterocycles. The van der Waals surface area contributed by atoms with Gasteiger partial charge in [-0.05, 0) is 87.0 Å². The first-order valence-corrected chi connectivity index (χ1v) is 23.2. The molecule has 1 amide bonds. The van der Waals surface area contributed by atoms with E-state index < -0.39 is 26.5 Å². The molecule has 2 aromatic carbocycles. The summed E-state index contributed by atoms with van der Waals surface area (Å²) in [4.78, 5) is 63.1. The fourth-order valence-electron chi connectivity index (χ4n) is 8.11. The Morgan fingerprint density at radius 3 is 1.48 bits per heavy atom. The average molecular weight is 956 g/mol. The van der Waals surface area contributed by atoms with E-state index in [9.17, 15) is 14.4 Å². The van der Waals surface area contributed by atoms with E-state index in [1.165, 1.54) is 54.8 Å². The molecule has 0 radical (unpaired) electrons. The molecule has 0 atom stereocenters. The fourth-order valence-corrected chi connectivity index (χ4v) is 8.11. The summed E-state index contributed by atoms with van der Waals surface area (Å²) >= 11 is -1.44. The Hall–Kier alpha value is -5.26. The van der Waals surface area contributed by atoms with Gasteiger partial charge < -0.3 is 25.8 Å². The number of hydrogen-bond acceptors (Lipinski definition) is 16. The number of ether oxygens (including phenoxy) is 2. The van der Waals surface area contributed by atoms with E-state index in [4.69, 9.17) is 28.6 Å². The van der Waals surface area contributed by atoms with Gasteiger partial charge in [-0.3, -0.25) is 29.1 Å². The zero-order valence-electron chi connectivity index (χ0n) is 37.3. The number of anilines is 4. The molecule has 19 heteroatoms. The molecule has 65 heavy (non-hydrogen) atoms. The first kappa shape index (κ1) is 50.7. The molecule has 8 rings (SSSR count). The van der Waals surface area contributed by atoms with Gasteiger partial charge in [0.1, 0.15) is 23.3 Å². The molecular formula is C46H61ClMnN10O7. The van der Waals surface area contributed by atoms with Gasteiger partial charge in [-0.1, -0.05) is 75.2 Å². The summed E-state index contributed by atoms with van der Waals surface area (Å²) in [5.41, 5.74) is 18.1. The van der Waals surface area contributed by atoms with Crippen molar-refractivity contribution >= 4 is 53.2 Å². The van der Waals surface area contributed by atoms with Crippen molar-refractivity contribution in [1.29, 1.82) is 0 Å². The zero-order chi connectivity index (χ0) is 45.4. The summed E-state index contributed by atoms with van der Waals surface area (Å²) in [7, 11) is 0. The molecule has 4 N–H and O–H groups in total. The van der Waals surface area contributed by atoms with E-state index in [0.29, 0.717) is 55.1 Å². The first-order valence-electron chi connectivity index (χ1n) is 22.3. The molecular weight excluding hydrogens is 895 g/mol. The van der Waals surface area contributed by atoms with Gasteiger partial charge in [0, 0.05) is 43.6 Å². The summed E-state index contributed by atoms with van der Waals surface area (Å²) < 4.78 is 28.1. The third-order valence-electron chi connectivity index (χ3n) is 11.5. The van der Waals surface area contributed by atoms with Gasteiger partial charge in [-0.15, -0.1) is 12.4 Å². The fraction of sp³-hybridized carbons (Fsp3) is 0.500. The summed E-state index contributed by atoms with van der Waals surface area (Å²) in [6.45, 7) is 13.0. The van der Waals surface area contributed by atoms with Crippen molar-refractivity contribution in [3.63, 3.8) is 0 Å². The van der Waals surface area contributed by atoms with Crippen molar-refractivity contribution in [1.82, 2.24) is 29.7 Å². The van der Waals surface area contributed by atoms with Crippen molar-refractivity contribution in [2.24, 2.45) is 0 Å². The third kappa shape index (κ3) is 14.4. The number of amides is 1. The standard InChI is InChI=1S/C23H29N5O3.C23H31N5O2.ClH.Mn.2O/c1-2-3-12-31-23-25-20(24)18-13-19(29)22(30)28(21(18)26-23)15-17-8-6-16(7-9-17)14-27-10-4-5-11-27;1-2-3-12-30-23-25-21(24)20-13-19(29)16-28(22(20)26-23)15-18-8-6-17(7-9-18)14-27-10-4-5-11-27;;;;/h6-9H,2-5,10-15H2,1H3,(H2,24,25,26);6-9H,2-5,10-16H2,1H3,(H2,24,25,26);1H;;;. The number of nitrogen functional groups attached to an aromatic ring is 2. The molecule has 6 heterocycles. The molecule has 0 bridgehead atoms. The molecule has 0 aliphatic carbocycles. The van der Waals surface area contributed by atoms with Crippen LogP contribution in [0.2, 0.25) is 0 Å². The minimum absolute atomic E-state index is 0. The number of nitrogens with zero attached hydrogens (tertiary/aromatic N) is 8. The number of benzene rings is 2. The van der Waals surface area contributed by atoms with E-state index in [0.717, 1.165) is 68.8 Å². The van der Waals surface area contributed by atoms with Crippen LogP contribution in [0.3, 0.4) is 0 Å². The molecule has 351 valence electrons. The van der Waals surface area contributed by atoms with E-state index in [1.54, 1.807) is 0 Å². The van der Waals surface area contributed by atoms with Gasteiger partial charge in [0.05, 0.1) is 26.3 Å². The zero-order valence-corrected chi connectivity index (χ0v) is 39.3. The van der Waals surface area contributed by atoms with Gasteiger partial charge in [0.25, 0.3) is 5.91 Å². The summed E-state index contributed by atoms with van der Waals surface area (Å²) in [5.74, 6) is 0.649. The average Bonchev–Trinajstić information content (AvgIpc) is 4.01. The van der Waals surface area contributed by atoms with Gasteiger partial charge >= 0.3 is 34.5 Å². The molecule has 17 nitrogen and oxygen atoms in total. The molecule has 4 aromatic rings. The van der Waals surface area contributed by atoms with Crippen molar-refractivity contribution in [2.45, 2.75) is 104 Å². The van der Waals surface area contributed by atoms with Crippen molar-refractivity contribution in [3.05, 3.63) is 81.9 Å². The van der Waals surface area contributed by atoms with Crippen LogP contribution in [0.5, 0.6) is 12.0 Å². The number of carbonyl (C=O) groups is 3.